The van der Waals surface area contributed by atoms with Crippen molar-refractivity contribution in [2.75, 3.05) is 0 Å². The summed E-state index contributed by atoms with van der Waals surface area (Å²) in [6.07, 6.45) is 1.85. The van der Waals surface area contributed by atoms with Crippen molar-refractivity contribution in [3.05, 3.63) is 75.1 Å². The highest BCUT2D eigenvalue weighted by Gasteiger charge is 2.37. The average Bonchev–Trinajstić information content (AvgIpc) is 2.89. The lowest BCUT2D eigenvalue weighted by Gasteiger charge is -2.27. The number of nitrogens with zero attached hydrogens (tertiary/aromatic N) is 1. The van der Waals surface area contributed by atoms with Crippen molar-refractivity contribution in [1.29, 1.82) is 0 Å². The minimum absolute atomic E-state index is 0.140. The van der Waals surface area contributed by atoms with Crippen molar-refractivity contribution in [1.82, 2.24) is 4.90 Å². The average molecular weight is 447 g/mol. The second-order valence-corrected chi connectivity index (χ2v) is 8.22. The Bertz CT molecular complexity index is 881. The number of hydrogen-bond donors (Lipinski definition) is 0. The monoisotopic (exact) mass is 446 g/mol. The summed E-state index contributed by atoms with van der Waals surface area (Å²) >= 11 is 9.74. The number of carboxylic acids is 1. The van der Waals surface area contributed by atoms with Crippen LogP contribution in [0.15, 0.2) is 64.0 Å². The van der Waals surface area contributed by atoms with E-state index in [1.54, 1.807) is 6.08 Å². The van der Waals surface area contributed by atoms with Crippen LogP contribution in [-0.2, 0) is 16.0 Å². The van der Waals surface area contributed by atoms with Crippen LogP contribution in [0.3, 0.4) is 0 Å². The van der Waals surface area contributed by atoms with Crippen molar-refractivity contribution in [3.8, 4) is 0 Å². The zero-order valence-corrected chi connectivity index (χ0v) is 16.6. The number of thioether (sulfide) groups is 1. The molecule has 0 saturated carbocycles. The lowest BCUT2D eigenvalue weighted by Crippen LogP contribution is -2.51. The Hall–Kier alpha value is -1.96. The molecule has 1 heterocycles. The maximum Gasteiger partial charge on any atom is 0.266 e. The molecular weight excluding hydrogens is 434 g/mol. The zero-order chi connectivity index (χ0) is 18.7. The van der Waals surface area contributed by atoms with Crippen molar-refractivity contribution < 1.29 is 14.7 Å². The van der Waals surface area contributed by atoms with Gasteiger partial charge in [-0.2, -0.15) is 0 Å². The number of rotatable bonds is 5. The Morgan fingerprint density at radius 2 is 1.85 bits per heavy atom. The minimum atomic E-state index is -1.32. The van der Waals surface area contributed by atoms with Crippen molar-refractivity contribution in [3.63, 3.8) is 0 Å². The summed E-state index contributed by atoms with van der Waals surface area (Å²) < 4.78 is 1.16. The molecule has 0 N–H and O–H groups in total. The van der Waals surface area contributed by atoms with Crippen LogP contribution in [0.1, 0.15) is 11.1 Å². The summed E-state index contributed by atoms with van der Waals surface area (Å²) in [5.41, 5.74) is 1.63. The number of carbonyl (C=O) groups is 2. The van der Waals surface area contributed by atoms with Gasteiger partial charge in [0.2, 0.25) is 0 Å². The highest BCUT2D eigenvalue weighted by molar-refractivity contribution is 9.10. The van der Waals surface area contributed by atoms with E-state index in [1.165, 1.54) is 0 Å². The molecule has 0 aromatic heterocycles. The first kappa shape index (κ1) is 18.8. The maximum absolute atomic E-state index is 12.8. The van der Waals surface area contributed by atoms with Crippen LogP contribution < -0.4 is 5.11 Å². The standard InChI is InChI=1S/C19H14BrNO3S2/c20-14-8-6-13(7-9-14)11-16-17(22)21(19(25)26-16)15(18(23)24)10-12-4-2-1-3-5-12/h1-9,11,15H,10H2,(H,23,24)/p-1/b16-11+/t15-/m1/s1. The van der Waals surface area contributed by atoms with Crippen molar-refractivity contribution in [2.45, 2.75) is 12.5 Å². The van der Waals surface area contributed by atoms with Crippen LogP contribution >= 0.6 is 39.9 Å². The number of halogens is 1. The molecule has 1 aliphatic rings. The molecule has 3 rings (SSSR count). The highest BCUT2D eigenvalue weighted by atomic mass is 79.9. The Labute approximate surface area is 169 Å². The molecule has 4 nitrogen and oxygen atoms in total. The molecule has 1 atom stereocenters. The summed E-state index contributed by atoms with van der Waals surface area (Å²) in [7, 11) is 0. The van der Waals surface area contributed by atoms with Crippen molar-refractivity contribution >= 4 is 62.2 Å². The smallest absolute Gasteiger partial charge is 0.266 e. The van der Waals surface area contributed by atoms with Crippen LogP contribution in [0.2, 0.25) is 0 Å². The largest absolute Gasteiger partial charge is 0.548 e. The number of benzene rings is 2. The van der Waals surface area contributed by atoms with Gasteiger partial charge in [-0.15, -0.1) is 0 Å². The third-order valence-corrected chi connectivity index (χ3v) is 5.71. The normalized spacial score (nSPS) is 17.0. The van der Waals surface area contributed by atoms with Gasteiger partial charge in [-0.05, 0) is 35.8 Å². The van der Waals surface area contributed by atoms with Gasteiger partial charge in [-0.25, -0.2) is 0 Å². The van der Waals surface area contributed by atoms with E-state index in [0.29, 0.717) is 4.91 Å². The second-order valence-electron chi connectivity index (χ2n) is 5.63. The molecule has 7 heteroatoms. The number of amides is 1. The molecule has 0 radical (unpaired) electrons. The van der Waals surface area contributed by atoms with Gasteiger partial charge in [0.15, 0.2) is 0 Å². The summed E-state index contributed by atoms with van der Waals surface area (Å²) in [5, 5.41) is 11.7. The molecule has 0 spiro atoms. The SMILES string of the molecule is O=C([O-])[C@@H](Cc1ccccc1)N1C(=O)/C(=C\c2ccc(Br)cc2)SC1=S. The fraction of sp³-hybridized carbons (Fsp3) is 0.105. The highest BCUT2D eigenvalue weighted by Crippen LogP contribution is 2.34. The first-order chi connectivity index (χ1) is 12.5. The summed E-state index contributed by atoms with van der Waals surface area (Å²) in [4.78, 5) is 26.0. The Morgan fingerprint density at radius 3 is 2.46 bits per heavy atom. The summed E-state index contributed by atoms with van der Waals surface area (Å²) in [6, 6.07) is 15.4. The molecule has 1 aliphatic heterocycles. The third kappa shape index (κ3) is 4.23. The Morgan fingerprint density at radius 1 is 1.19 bits per heavy atom. The van der Waals surface area contributed by atoms with Gasteiger partial charge in [-0.1, -0.05) is 82.4 Å². The number of hydrogen-bond acceptors (Lipinski definition) is 5. The van der Waals surface area contributed by atoms with Crippen LogP contribution in [0.25, 0.3) is 6.08 Å². The second kappa shape index (κ2) is 8.16. The van der Waals surface area contributed by atoms with E-state index >= 15 is 0 Å². The first-order valence-electron chi connectivity index (χ1n) is 7.73. The van der Waals surface area contributed by atoms with Gasteiger partial charge in [-0.3, -0.25) is 9.69 Å². The summed E-state index contributed by atoms with van der Waals surface area (Å²) in [6.45, 7) is 0. The van der Waals surface area contributed by atoms with Crippen LogP contribution in [0, 0.1) is 0 Å². The van der Waals surface area contributed by atoms with Gasteiger partial charge in [0.1, 0.15) is 4.32 Å². The molecule has 2 aromatic rings. The predicted octanol–water partition coefficient (Wildman–Crippen LogP) is 3.01. The van der Waals surface area contributed by atoms with Gasteiger partial charge in [0.25, 0.3) is 5.91 Å². The number of thiocarbonyl (C=S) groups is 1. The summed E-state index contributed by atoms with van der Waals surface area (Å²) in [5.74, 6) is -1.73. The molecule has 1 saturated heterocycles. The van der Waals surface area contributed by atoms with E-state index < -0.39 is 17.9 Å². The molecule has 1 fully saturated rings. The zero-order valence-electron chi connectivity index (χ0n) is 13.4. The van der Waals surface area contributed by atoms with E-state index in [9.17, 15) is 14.7 Å². The number of aliphatic carboxylic acids is 1. The Kier molecular flexibility index (Phi) is 5.90. The first-order valence-corrected chi connectivity index (χ1v) is 9.75. The van der Waals surface area contributed by atoms with Crippen LogP contribution in [0.4, 0.5) is 0 Å². The molecular formula is C19H13BrNO3S2-. The lowest BCUT2D eigenvalue weighted by molar-refractivity contribution is -0.310. The third-order valence-electron chi connectivity index (χ3n) is 3.85. The fourth-order valence-electron chi connectivity index (χ4n) is 2.58. The fourth-order valence-corrected chi connectivity index (χ4v) is 4.20. The van der Waals surface area contributed by atoms with Gasteiger partial charge in [0, 0.05) is 4.47 Å². The number of carbonyl (C=O) groups excluding carboxylic acids is 2. The molecule has 0 aliphatic carbocycles. The van der Waals surface area contributed by atoms with Gasteiger partial charge in [0.05, 0.1) is 16.9 Å². The molecule has 0 bridgehead atoms. The maximum atomic E-state index is 12.8. The van der Waals surface area contributed by atoms with E-state index in [4.69, 9.17) is 12.2 Å². The van der Waals surface area contributed by atoms with Gasteiger partial charge >= 0.3 is 0 Å². The van der Waals surface area contributed by atoms with E-state index in [1.807, 2.05) is 54.6 Å². The number of carboxylic acid groups (broad SMARTS) is 1. The van der Waals surface area contributed by atoms with E-state index in [0.717, 1.165) is 32.3 Å². The molecule has 132 valence electrons. The van der Waals surface area contributed by atoms with Crippen LogP contribution in [-0.4, -0.2) is 27.1 Å². The van der Waals surface area contributed by atoms with E-state index in [2.05, 4.69) is 15.9 Å². The quantitative estimate of drug-likeness (QED) is 0.521. The topological polar surface area (TPSA) is 60.4 Å². The Balaban J connectivity index is 1.86. The molecule has 2 aromatic carbocycles. The lowest BCUT2D eigenvalue weighted by atomic mass is 10.0. The molecule has 26 heavy (non-hydrogen) atoms. The molecule has 0 unspecified atom stereocenters. The predicted molar refractivity (Wildman–Crippen MR) is 108 cm³/mol. The van der Waals surface area contributed by atoms with Crippen LogP contribution in [0.5, 0.6) is 0 Å². The minimum Gasteiger partial charge on any atom is -0.548 e. The van der Waals surface area contributed by atoms with Crippen molar-refractivity contribution in [2.24, 2.45) is 0 Å². The van der Waals surface area contributed by atoms with E-state index in [-0.39, 0.29) is 10.7 Å². The van der Waals surface area contributed by atoms with Gasteiger partial charge < -0.3 is 9.90 Å². The molecule has 1 amide bonds.